The zero-order valence-corrected chi connectivity index (χ0v) is 13.2. The maximum Gasteiger partial charge on any atom is 0.328 e. The van der Waals surface area contributed by atoms with Gasteiger partial charge in [0.05, 0.1) is 0 Å². The van der Waals surface area contributed by atoms with Gasteiger partial charge in [0.1, 0.15) is 11.6 Å². The van der Waals surface area contributed by atoms with E-state index in [0.29, 0.717) is 10.6 Å². The van der Waals surface area contributed by atoms with E-state index in [4.69, 9.17) is 16.3 Å². The van der Waals surface area contributed by atoms with Crippen molar-refractivity contribution in [3.63, 3.8) is 0 Å². The monoisotopic (exact) mass is 297 g/mol. The molecule has 0 aliphatic rings. The number of aryl methyl sites for hydroxylation is 1. The predicted molar refractivity (Wildman–Crippen MR) is 79.0 cm³/mol. The summed E-state index contributed by atoms with van der Waals surface area (Å²) in [6, 6.07) is 4.28. The lowest BCUT2D eigenvalue weighted by atomic mass is 10.1. The van der Waals surface area contributed by atoms with E-state index < -0.39 is 17.6 Å². The molecule has 0 fully saturated rings. The Kier molecular flexibility index (Phi) is 5.17. The van der Waals surface area contributed by atoms with E-state index in [9.17, 15) is 9.59 Å². The summed E-state index contributed by atoms with van der Waals surface area (Å²) < 4.78 is 5.20. The first kappa shape index (κ1) is 16.5. The number of carbonyl (C=O) groups is 2. The van der Waals surface area contributed by atoms with Crippen LogP contribution in [0.5, 0.6) is 0 Å². The Labute approximate surface area is 124 Å². The van der Waals surface area contributed by atoms with Crippen molar-refractivity contribution in [3.8, 4) is 0 Å². The summed E-state index contributed by atoms with van der Waals surface area (Å²) in [5.41, 5.74) is 0.725. The second-order valence-electron chi connectivity index (χ2n) is 5.69. The largest absolute Gasteiger partial charge is 0.458 e. The predicted octanol–water partition coefficient (Wildman–Crippen LogP) is 3.11. The van der Waals surface area contributed by atoms with Crippen molar-refractivity contribution in [2.24, 2.45) is 0 Å². The third-order valence-electron chi connectivity index (χ3n) is 2.54. The number of benzene rings is 1. The van der Waals surface area contributed by atoms with Crippen LogP contribution >= 0.6 is 11.6 Å². The quantitative estimate of drug-likeness (QED) is 0.872. The molecule has 0 saturated heterocycles. The minimum absolute atomic E-state index is 0.356. The van der Waals surface area contributed by atoms with Crippen LogP contribution in [0, 0.1) is 6.92 Å². The summed E-state index contributed by atoms with van der Waals surface area (Å²) in [5.74, 6) is -0.825. The van der Waals surface area contributed by atoms with E-state index >= 15 is 0 Å². The van der Waals surface area contributed by atoms with Gasteiger partial charge in [0.15, 0.2) is 0 Å². The van der Waals surface area contributed by atoms with Crippen LogP contribution < -0.4 is 5.32 Å². The Hall–Kier alpha value is -1.55. The Bertz CT molecular complexity index is 520. The van der Waals surface area contributed by atoms with Gasteiger partial charge in [0.25, 0.3) is 5.91 Å². The second-order valence-corrected chi connectivity index (χ2v) is 6.10. The van der Waals surface area contributed by atoms with Crippen LogP contribution in [-0.4, -0.2) is 23.5 Å². The van der Waals surface area contributed by atoms with Gasteiger partial charge in [-0.25, -0.2) is 4.79 Å². The standard InChI is InChI=1S/C15H20ClNO3/c1-9-6-7-11(8-12(9)16)13(18)17-10(2)14(19)20-15(3,4)5/h6-8,10H,1-5H3,(H,17,18)/t10-/m0/s1. The lowest BCUT2D eigenvalue weighted by Gasteiger charge is -2.22. The van der Waals surface area contributed by atoms with Gasteiger partial charge < -0.3 is 10.1 Å². The zero-order valence-electron chi connectivity index (χ0n) is 12.4. The van der Waals surface area contributed by atoms with Gasteiger partial charge in [-0.05, 0) is 52.3 Å². The van der Waals surface area contributed by atoms with E-state index in [1.165, 1.54) is 0 Å². The Morgan fingerprint density at radius 3 is 2.40 bits per heavy atom. The number of nitrogens with one attached hydrogen (secondary N) is 1. The molecule has 1 amide bonds. The normalized spacial score (nSPS) is 12.7. The van der Waals surface area contributed by atoms with E-state index in [1.54, 1.807) is 45.9 Å². The molecule has 1 aromatic carbocycles. The molecule has 0 spiro atoms. The highest BCUT2D eigenvalue weighted by molar-refractivity contribution is 6.31. The van der Waals surface area contributed by atoms with Crippen LogP contribution in [-0.2, 0) is 9.53 Å². The van der Waals surface area contributed by atoms with Crippen LogP contribution in [0.2, 0.25) is 5.02 Å². The number of rotatable bonds is 3. The number of halogens is 1. The van der Waals surface area contributed by atoms with Crippen molar-refractivity contribution in [1.29, 1.82) is 0 Å². The molecule has 5 heteroatoms. The number of hydrogen-bond acceptors (Lipinski definition) is 3. The fourth-order valence-corrected chi connectivity index (χ4v) is 1.64. The third-order valence-corrected chi connectivity index (χ3v) is 2.95. The number of carbonyl (C=O) groups excluding carboxylic acids is 2. The summed E-state index contributed by atoms with van der Waals surface area (Å²) in [4.78, 5) is 23.8. The van der Waals surface area contributed by atoms with E-state index in [2.05, 4.69) is 5.32 Å². The average Bonchev–Trinajstić information content (AvgIpc) is 2.30. The Morgan fingerprint density at radius 2 is 1.90 bits per heavy atom. The van der Waals surface area contributed by atoms with Crippen molar-refractivity contribution < 1.29 is 14.3 Å². The van der Waals surface area contributed by atoms with Crippen LogP contribution in [0.25, 0.3) is 0 Å². The molecule has 20 heavy (non-hydrogen) atoms. The molecule has 1 rings (SSSR count). The van der Waals surface area contributed by atoms with Crippen molar-refractivity contribution >= 4 is 23.5 Å². The Balaban J connectivity index is 2.70. The van der Waals surface area contributed by atoms with Gasteiger partial charge in [-0.15, -0.1) is 0 Å². The van der Waals surface area contributed by atoms with Crippen molar-refractivity contribution in [1.82, 2.24) is 5.32 Å². The van der Waals surface area contributed by atoms with E-state index in [1.807, 2.05) is 6.92 Å². The molecule has 1 N–H and O–H groups in total. The molecule has 1 atom stereocenters. The molecule has 0 radical (unpaired) electrons. The molecule has 0 aromatic heterocycles. The molecule has 0 aliphatic heterocycles. The van der Waals surface area contributed by atoms with Crippen molar-refractivity contribution in [2.75, 3.05) is 0 Å². The van der Waals surface area contributed by atoms with Gasteiger partial charge in [-0.3, -0.25) is 4.79 Å². The fourth-order valence-electron chi connectivity index (χ4n) is 1.46. The van der Waals surface area contributed by atoms with Gasteiger partial charge in [0.2, 0.25) is 0 Å². The number of ether oxygens (including phenoxy) is 1. The molecular formula is C15H20ClNO3. The summed E-state index contributed by atoms with van der Waals surface area (Å²) in [6.45, 7) is 8.77. The highest BCUT2D eigenvalue weighted by Gasteiger charge is 2.23. The third kappa shape index (κ3) is 4.85. The maximum atomic E-state index is 12.0. The summed E-state index contributed by atoms with van der Waals surface area (Å²) in [7, 11) is 0. The molecule has 0 bridgehead atoms. The lowest BCUT2D eigenvalue weighted by Crippen LogP contribution is -2.42. The van der Waals surface area contributed by atoms with Crippen LogP contribution in [0.3, 0.4) is 0 Å². The highest BCUT2D eigenvalue weighted by Crippen LogP contribution is 2.16. The van der Waals surface area contributed by atoms with Crippen molar-refractivity contribution in [2.45, 2.75) is 46.3 Å². The number of esters is 1. The van der Waals surface area contributed by atoms with Crippen LogP contribution in [0.1, 0.15) is 43.6 Å². The smallest absolute Gasteiger partial charge is 0.328 e. The molecule has 0 saturated carbocycles. The minimum Gasteiger partial charge on any atom is -0.458 e. The first-order chi connectivity index (χ1) is 9.10. The average molecular weight is 298 g/mol. The first-order valence-corrected chi connectivity index (χ1v) is 6.78. The maximum absolute atomic E-state index is 12.0. The molecule has 1 aromatic rings. The highest BCUT2D eigenvalue weighted by atomic mass is 35.5. The van der Waals surface area contributed by atoms with Crippen LogP contribution in [0.15, 0.2) is 18.2 Å². The molecule has 110 valence electrons. The van der Waals surface area contributed by atoms with Gasteiger partial charge in [-0.1, -0.05) is 17.7 Å². The van der Waals surface area contributed by atoms with E-state index in [-0.39, 0.29) is 5.91 Å². The molecule has 0 heterocycles. The summed E-state index contributed by atoms with van der Waals surface area (Å²) in [6.07, 6.45) is 0. The summed E-state index contributed by atoms with van der Waals surface area (Å²) >= 11 is 5.97. The van der Waals surface area contributed by atoms with Crippen LogP contribution in [0.4, 0.5) is 0 Å². The SMILES string of the molecule is Cc1ccc(C(=O)N[C@@H](C)C(=O)OC(C)(C)C)cc1Cl. The number of amides is 1. The van der Waals surface area contributed by atoms with E-state index in [0.717, 1.165) is 5.56 Å². The minimum atomic E-state index is -0.721. The second kappa shape index (κ2) is 6.27. The van der Waals surface area contributed by atoms with Gasteiger partial charge >= 0.3 is 5.97 Å². The molecule has 0 aliphatic carbocycles. The van der Waals surface area contributed by atoms with Gasteiger partial charge in [0, 0.05) is 10.6 Å². The Morgan fingerprint density at radius 1 is 1.30 bits per heavy atom. The lowest BCUT2D eigenvalue weighted by molar-refractivity contribution is -0.156. The van der Waals surface area contributed by atoms with Crippen molar-refractivity contribution in [3.05, 3.63) is 34.3 Å². The fraction of sp³-hybridized carbons (Fsp3) is 0.467. The topological polar surface area (TPSA) is 55.4 Å². The molecular weight excluding hydrogens is 278 g/mol. The summed E-state index contributed by atoms with van der Waals surface area (Å²) in [5, 5.41) is 3.11. The van der Waals surface area contributed by atoms with Gasteiger partial charge in [-0.2, -0.15) is 0 Å². The zero-order chi connectivity index (χ0) is 15.5. The number of hydrogen-bond donors (Lipinski definition) is 1. The molecule has 0 unspecified atom stereocenters. The molecule has 4 nitrogen and oxygen atoms in total. The first-order valence-electron chi connectivity index (χ1n) is 6.40.